The zero-order chi connectivity index (χ0) is 10.2. The second-order valence-corrected chi connectivity index (χ2v) is 2.95. The van der Waals surface area contributed by atoms with Gasteiger partial charge in [-0.05, 0) is 23.2 Å². The first kappa shape index (κ1) is 12.3. The molecule has 0 N–H and O–H groups in total. The van der Waals surface area contributed by atoms with Crippen molar-refractivity contribution in [2.24, 2.45) is 0 Å². The standard InChI is InChI=1S/C4Cl3F5/c5-1(3(6,9)10)2(8)4(7,11)12/b2-1+. The molecule has 0 aromatic carbocycles. The third-order valence-corrected chi connectivity index (χ3v) is 1.55. The summed E-state index contributed by atoms with van der Waals surface area (Å²) in [5, 5.41) is -11.1. The highest BCUT2D eigenvalue weighted by Gasteiger charge is 2.42. The quantitative estimate of drug-likeness (QED) is 0.511. The SMILES string of the molecule is F/C(=C(/Cl)C(F)(F)Cl)C(F)(F)Cl. The van der Waals surface area contributed by atoms with Crippen LogP contribution in [0.1, 0.15) is 0 Å². The average Bonchev–Trinajstić information content (AvgIpc) is 1.80. The molecule has 0 aliphatic carbocycles. The summed E-state index contributed by atoms with van der Waals surface area (Å²) in [6, 6.07) is 0. The fourth-order valence-electron chi connectivity index (χ4n) is 0.249. The fourth-order valence-corrected chi connectivity index (χ4v) is 0.593. The maximum Gasteiger partial charge on any atom is 0.375 e. The van der Waals surface area contributed by atoms with Crippen LogP contribution in [0, 0.1) is 0 Å². The minimum Gasteiger partial charge on any atom is -0.202 e. The van der Waals surface area contributed by atoms with Gasteiger partial charge in [0.15, 0.2) is 0 Å². The number of alkyl halides is 6. The predicted molar refractivity (Wildman–Crippen MR) is 35.6 cm³/mol. The molecular formula is C4Cl3F5. The van der Waals surface area contributed by atoms with Gasteiger partial charge in [0.1, 0.15) is 5.03 Å². The van der Waals surface area contributed by atoms with Gasteiger partial charge in [-0.15, -0.1) is 0 Å². The van der Waals surface area contributed by atoms with E-state index in [1.165, 1.54) is 0 Å². The van der Waals surface area contributed by atoms with Gasteiger partial charge in [-0.3, -0.25) is 0 Å². The maximum atomic E-state index is 12.1. The Balaban J connectivity index is 4.96. The van der Waals surface area contributed by atoms with E-state index < -0.39 is 21.6 Å². The molecule has 0 saturated heterocycles. The Labute approximate surface area is 78.9 Å². The van der Waals surface area contributed by atoms with Crippen LogP contribution in [-0.4, -0.2) is 10.8 Å². The molecule has 0 aliphatic heterocycles. The predicted octanol–water partition coefficient (Wildman–Crippen LogP) is 4.07. The summed E-state index contributed by atoms with van der Waals surface area (Å²) in [6.45, 7) is 0. The van der Waals surface area contributed by atoms with Crippen LogP contribution in [0.15, 0.2) is 10.9 Å². The van der Waals surface area contributed by atoms with Crippen molar-refractivity contribution in [1.82, 2.24) is 0 Å². The molecule has 0 aromatic rings. The Morgan fingerprint density at radius 2 is 1.25 bits per heavy atom. The molecule has 12 heavy (non-hydrogen) atoms. The molecule has 0 saturated carbocycles. The number of allylic oxidation sites excluding steroid dienone is 2. The average molecular weight is 249 g/mol. The number of halogens is 8. The van der Waals surface area contributed by atoms with Crippen LogP contribution in [-0.2, 0) is 0 Å². The highest BCUT2D eigenvalue weighted by molar-refractivity contribution is 6.39. The van der Waals surface area contributed by atoms with E-state index in [0.717, 1.165) is 0 Å². The first-order chi connectivity index (χ1) is 5.07. The lowest BCUT2D eigenvalue weighted by Gasteiger charge is -2.10. The zero-order valence-electron chi connectivity index (χ0n) is 5.02. The molecule has 8 heteroatoms. The van der Waals surface area contributed by atoms with E-state index in [-0.39, 0.29) is 0 Å². The van der Waals surface area contributed by atoms with Crippen molar-refractivity contribution in [3.05, 3.63) is 10.9 Å². The Kier molecular flexibility index (Phi) is 3.63. The molecule has 0 atom stereocenters. The van der Waals surface area contributed by atoms with Gasteiger partial charge >= 0.3 is 10.8 Å². The summed E-state index contributed by atoms with van der Waals surface area (Å²) in [5.41, 5.74) is 0. The van der Waals surface area contributed by atoms with E-state index in [9.17, 15) is 22.0 Å². The first-order valence-corrected chi connectivity index (χ1v) is 3.40. The van der Waals surface area contributed by atoms with Crippen molar-refractivity contribution in [3.63, 3.8) is 0 Å². The normalized spacial score (nSPS) is 16.0. The van der Waals surface area contributed by atoms with Gasteiger partial charge in [0, 0.05) is 0 Å². The Hall–Kier alpha value is 0.260. The molecule has 0 radical (unpaired) electrons. The van der Waals surface area contributed by atoms with E-state index in [2.05, 4.69) is 34.8 Å². The van der Waals surface area contributed by atoms with Crippen molar-refractivity contribution >= 4 is 34.8 Å². The van der Waals surface area contributed by atoms with Crippen molar-refractivity contribution in [1.29, 1.82) is 0 Å². The van der Waals surface area contributed by atoms with E-state index in [0.29, 0.717) is 0 Å². The Morgan fingerprint density at radius 3 is 1.33 bits per heavy atom. The summed E-state index contributed by atoms with van der Waals surface area (Å²) in [5.74, 6) is -2.66. The Bertz CT molecular complexity index is 178. The van der Waals surface area contributed by atoms with Gasteiger partial charge in [0.25, 0.3) is 0 Å². The molecule has 0 unspecified atom stereocenters. The molecule has 0 nitrogen and oxygen atoms in total. The van der Waals surface area contributed by atoms with E-state index in [4.69, 9.17) is 0 Å². The van der Waals surface area contributed by atoms with Crippen LogP contribution in [0.3, 0.4) is 0 Å². The first-order valence-electron chi connectivity index (χ1n) is 2.26. The highest BCUT2D eigenvalue weighted by Crippen LogP contribution is 2.41. The van der Waals surface area contributed by atoms with Gasteiger partial charge in [-0.2, -0.15) is 17.6 Å². The monoisotopic (exact) mass is 248 g/mol. The third kappa shape index (κ3) is 3.33. The largest absolute Gasteiger partial charge is 0.375 e. The number of rotatable bonds is 2. The molecule has 0 aromatic heterocycles. The molecule has 0 bridgehead atoms. The van der Waals surface area contributed by atoms with Crippen molar-refractivity contribution in [2.75, 3.05) is 0 Å². The van der Waals surface area contributed by atoms with Crippen LogP contribution in [0.5, 0.6) is 0 Å². The fraction of sp³-hybridized carbons (Fsp3) is 0.500. The van der Waals surface area contributed by atoms with Crippen LogP contribution in [0.4, 0.5) is 22.0 Å². The summed E-state index contributed by atoms with van der Waals surface area (Å²) in [4.78, 5) is 0. The summed E-state index contributed by atoms with van der Waals surface area (Å²) in [7, 11) is 0. The molecule has 0 fully saturated rings. The van der Waals surface area contributed by atoms with E-state index in [1.54, 1.807) is 0 Å². The van der Waals surface area contributed by atoms with Gasteiger partial charge in [-0.25, -0.2) is 4.39 Å². The van der Waals surface area contributed by atoms with Crippen molar-refractivity contribution < 1.29 is 22.0 Å². The molecular weight excluding hydrogens is 249 g/mol. The Morgan fingerprint density at radius 1 is 0.917 bits per heavy atom. The molecule has 0 heterocycles. The lowest BCUT2D eigenvalue weighted by Crippen LogP contribution is -2.15. The molecule has 0 spiro atoms. The van der Waals surface area contributed by atoms with Gasteiger partial charge in [-0.1, -0.05) is 11.6 Å². The van der Waals surface area contributed by atoms with Crippen LogP contribution >= 0.6 is 34.8 Å². The minimum atomic E-state index is -4.57. The lowest BCUT2D eigenvalue weighted by atomic mass is 10.4. The highest BCUT2D eigenvalue weighted by atomic mass is 35.5. The number of hydrogen-bond acceptors (Lipinski definition) is 0. The second-order valence-electron chi connectivity index (χ2n) is 1.62. The van der Waals surface area contributed by atoms with Gasteiger partial charge in [0.2, 0.25) is 5.83 Å². The minimum absolute atomic E-state index is 2.12. The van der Waals surface area contributed by atoms with Crippen molar-refractivity contribution in [3.8, 4) is 0 Å². The van der Waals surface area contributed by atoms with Crippen LogP contribution in [0.2, 0.25) is 0 Å². The second kappa shape index (κ2) is 3.55. The van der Waals surface area contributed by atoms with E-state index in [1.807, 2.05) is 0 Å². The molecule has 0 aliphatic rings. The molecule has 72 valence electrons. The van der Waals surface area contributed by atoms with E-state index >= 15 is 0 Å². The van der Waals surface area contributed by atoms with Crippen LogP contribution in [0.25, 0.3) is 0 Å². The topological polar surface area (TPSA) is 0 Å². The lowest BCUT2D eigenvalue weighted by molar-refractivity contribution is 0.0938. The maximum absolute atomic E-state index is 12.1. The molecule has 0 rings (SSSR count). The summed E-state index contributed by atoms with van der Waals surface area (Å²) >= 11 is 12.6. The zero-order valence-corrected chi connectivity index (χ0v) is 7.29. The number of hydrogen-bond donors (Lipinski definition) is 0. The summed E-state index contributed by atoms with van der Waals surface area (Å²) < 4.78 is 59.3. The smallest absolute Gasteiger partial charge is 0.202 e. The van der Waals surface area contributed by atoms with Crippen LogP contribution < -0.4 is 0 Å². The van der Waals surface area contributed by atoms with Crippen molar-refractivity contribution in [2.45, 2.75) is 10.8 Å². The third-order valence-electron chi connectivity index (χ3n) is 0.690. The summed E-state index contributed by atoms with van der Waals surface area (Å²) in [6.07, 6.45) is 0. The molecule has 0 amide bonds. The van der Waals surface area contributed by atoms with Gasteiger partial charge in [0.05, 0.1) is 0 Å². The van der Waals surface area contributed by atoms with Gasteiger partial charge < -0.3 is 0 Å².